The van der Waals surface area contributed by atoms with Crippen molar-refractivity contribution in [1.29, 1.82) is 0 Å². The molecule has 0 amide bonds. The lowest BCUT2D eigenvalue weighted by molar-refractivity contribution is -0.137. The van der Waals surface area contributed by atoms with Gasteiger partial charge >= 0.3 is 6.18 Å². The monoisotopic (exact) mass is 386 g/mol. The van der Waals surface area contributed by atoms with Gasteiger partial charge in [0, 0.05) is 24.3 Å². The molecule has 3 rings (SSSR count). The minimum absolute atomic E-state index is 0.00795. The van der Waals surface area contributed by atoms with Gasteiger partial charge in [0.2, 0.25) is 0 Å². The average Bonchev–Trinajstić information content (AvgIpc) is 2.58. The molecule has 0 aliphatic carbocycles. The summed E-state index contributed by atoms with van der Waals surface area (Å²) in [6, 6.07) is 8.46. The van der Waals surface area contributed by atoms with Gasteiger partial charge in [-0.05, 0) is 42.8 Å². The first kappa shape index (κ1) is 18.7. The van der Waals surface area contributed by atoms with Gasteiger partial charge in [-0.1, -0.05) is 0 Å². The molecule has 26 heavy (non-hydrogen) atoms. The van der Waals surface area contributed by atoms with Crippen LogP contribution in [-0.2, 0) is 26.9 Å². The average molecular weight is 386 g/mol. The summed E-state index contributed by atoms with van der Waals surface area (Å²) >= 11 is 0. The summed E-state index contributed by atoms with van der Waals surface area (Å²) in [4.78, 5) is 6.16. The second kappa shape index (κ2) is 6.88. The molecule has 0 saturated heterocycles. The Hall–Kier alpha value is -2.13. The third-order valence-corrected chi connectivity index (χ3v) is 4.67. The third kappa shape index (κ3) is 4.34. The third-order valence-electron chi connectivity index (χ3n) is 4.10. The number of hydrogen-bond donors (Lipinski definition) is 0. The van der Waals surface area contributed by atoms with Gasteiger partial charge < -0.3 is 4.90 Å². The van der Waals surface area contributed by atoms with E-state index in [9.17, 15) is 21.6 Å². The molecule has 1 aromatic heterocycles. The van der Waals surface area contributed by atoms with Gasteiger partial charge in [0.05, 0.1) is 29.8 Å². The van der Waals surface area contributed by atoms with Crippen LogP contribution in [0.2, 0.25) is 0 Å². The van der Waals surface area contributed by atoms with Crippen LogP contribution in [0, 0.1) is 5.92 Å². The second-order valence-corrected chi connectivity index (χ2v) is 7.83. The van der Waals surface area contributed by atoms with Gasteiger partial charge in [-0.3, -0.25) is 9.17 Å². The van der Waals surface area contributed by atoms with Gasteiger partial charge in [0.1, 0.15) is 0 Å². The number of fused-ring (bicyclic) bond motifs is 1. The lowest BCUT2D eigenvalue weighted by Crippen LogP contribution is -2.35. The van der Waals surface area contributed by atoms with Crippen molar-refractivity contribution >= 4 is 21.5 Å². The maximum atomic E-state index is 12.8. The van der Waals surface area contributed by atoms with Crippen molar-refractivity contribution in [1.82, 2.24) is 4.98 Å². The number of rotatable bonds is 4. The van der Waals surface area contributed by atoms with Crippen molar-refractivity contribution in [2.75, 3.05) is 24.3 Å². The van der Waals surface area contributed by atoms with Crippen molar-refractivity contribution in [2.45, 2.75) is 12.6 Å². The topological polar surface area (TPSA) is 59.5 Å². The highest BCUT2D eigenvalue weighted by Gasteiger charge is 2.31. The largest absolute Gasteiger partial charge is 0.416 e. The molecular weight excluding hydrogens is 369 g/mol. The second-order valence-electron chi connectivity index (χ2n) is 6.18. The number of nitrogens with zero attached hydrogens (tertiary/aromatic N) is 2. The summed E-state index contributed by atoms with van der Waals surface area (Å²) in [5.74, 6) is -0.158. The lowest BCUT2D eigenvalue weighted by Gasteiger charge is -2.35. The van der Waals surface area contributed by atoms with Gasteiger partial charge in [-0.25, -0.2) is 0 Å². The Morgan fingerprint density at radius 2 is 1.92 bits per heavy atom. The number of anilines is 2. The number of alkyl halides is 3. The molecule has 0 saturated carbocycles. The van der Waals surface area contributed by atoms with E-state index in [0.717, 1.165) is 29.8 Å². The van der Waals surface area contributed by atoms with E-state index in [4.69, 9.17) is 4.18 Å². The number of pyridine rings is 1. The highest BCUT2D eigenvalue weighted by atomic mass is 32.2. The van der Waals surface area contributed by atoms with E-state index in [0.29, 0.717) is 18.7 Å². The molecule has 0 bridgehead atoms. The van der Waals surface area contributed by atoms with Crippen LogP contribution in [0.15, 0.2) is 42.6 Å². The van der Waals surface area contributed by atoms with Crippen molar-refractivity contribution in [3.05, 3.63) is 53.9 Å². The van der Waals surface area contributed by atoms with E-state index in [-0.39, 0.29) is 12.5 Å². The molecule has 0 radical (unpaired) electrons. The molecule has 0 spiro atoms. The Kier molecular flexibility index (Phi) is 4.94. The Bertz CT molecular complexity index is 883. The molecule has 0 N–H and O–H groups in total. The highest BCUT2D eigenvalue weighted by molar-refractivity contribution is 7.85. The SMILES string of the molecule is CS(=O)(=O)OCC1Cc2ncccc2N(c2ccc(C(F)(F)F)cc2)C1. The first-order valence-corrected chi connectivity index (χ1v) is 9.68. The molecule has 5 nitrogen and oxygen atoms in total. The maximum absolute atomic E-state index is 12.8. The van der Waals surface area contributed by atoms with Crippen LogP contribution in [0.5, 0.6) is 0 Å². The minimum Gasteiger partial charge on any atom is -0.340 e. The predicted molar refractivity (Wildman–Crippen MR) is 90.7 cm³/mol. The molecular formula is C17H17F3N2O3S. The van der Waals surface area contributed by atoms with Crippen LogP contribution in [-0.4, -0.2) is 32.8 Å². The molecule has 1 unspecified atom stereocenters. The van der Waals surface area contributed by atoms with Crippen molar-refractivity contribution in [3.63, 3.8) is 0 Å². The van der Waals surface area contributed by atoms with Gasteiger partial charge in [-0.2, -0.15) is 21.6 Å². The fourth-order valence-electron chi connectivity index (χ4n) is 2.93. The summed E-state index contributed by atoms with van der Waals surface area (Å²) in [6.07, 6.45) is -1.26. The molecule has 2 heterocycles. The highest BCUT2D eigenvalue weighted by Crippen LogP contribution is 2.36. The normalized spacial score (nSPS) is 17.8. The van der Waals surface area contributed by atoms with E-state index in [1.165, 1.54) is 12.1 Å². The maximum Gasteiger partial charge on any atom is 0.416 e. The first-order chi connectivity index (χ1) is 12.1. The Labute approximate surface area is 149 Å². The molecule has 9 heteroatoms. The summed E-state index contributed by atoms with van der Waals surface area (Å²) < 4.78 is 65.7. The van der Waals surface area contributed by atoms with Gasteiger partial charge in [0.25, 0.3) is 10.1 Å². The van der Waals surface area contributed by atoms with Crippen LogP contribution in [0.25, 0.3) is 0 Å². The zero-order valence-corrected chi connectivity index (χ0v) is 14.7. The van der Waals surface area contributed by atoms with E-state index in [1.807, 2.05) is 11.0 Å². The summed E-state index contributed by atoms with van der Waals surface area (Å²) in [5.41, 5.74) is 1.40. The number of hydrogen-bond acceptors (Lipinski definition) is 5. The van der Waals surface area contributed by atoms with Crippen LogP contribution < -0.4 is 4.90 Å². The fraction of sp³-hybridized carbons (Fsp3) is 0.353. The lowest BCUT2D eigenvalue weighted by atomic mass is 9.96. The van der Waals surface area contributed by atoms with Crippen molar-refractivity contribution in [2.24, 2.45) is 5.92 Å². The molecule has 1 atom stereocenters. The predicted octanol–water partition coefficient (Wildman–Crippen LogP) is 3.39. The Balaban J connectivity index is 1.89. The van der Waals surface area contributed by atoms with Crippen LogP contribution in [0.1, 0.15) is 11.3 Å². The summed E-state index contributed by atoms with van der Waals surface area (Å²) in [7, 11) is -3.57. The van der Waals surface area contributed by atoms with Crippen LogP contribution >= 0.6 is 0 Å². The number of benzene rings is 1. The Morgan fingerprint density at radius 3 is 2.54 bits per heavy atom. The molecule has 1 aromatic carbocycles. The first-order valence-electron chi connectivity index (χ1n) is 7.86. The molecule has 2 aromatic rings. The van der Waals surface area contributed by atoms with Gasteiger partial charge in [-0.15, -0.1) is 0 Å². The fourth-order valence-corrected chi connectivity index (χ4v) is 3.37. The quantitative estimate of drug-likeness (QED) is 0.754. The summed E-state index contributed by atoms with van der Waals surface area (Å²) in [6.45, 7) is 0.408. The van der Waals surface area contributed by atoms with Crippen LogP contribution in [0.4, 0.5) is 24.5 Å². The number of aromatic nitrogens is 1. The van der Waals surface area contributed by atoms with E-state index >= 15 is 0 Å². The molecule has 140 valence electrons. The van der Waals surface area contributed by atoms with Crippen molar-refractivity contribution < 1.29 is 25.8 Å². The van der Waals surface area contributed by atoms with Crippen molar-refractivity contribution in [3.8, 4) is 0 Å². The Morgan fingerprint density at radius 1 is 1.23 bits per heavy atom. The molecule has 0 fully saturated rings. The smallest absolute Gasteiger partial charge is 0.340 e. The minimum atomic E-state index is -4.40. The molecule has 1 aliphatic rings. The zero-order valence-electron chi connectivity index (χ0n) is 13.9. The van der Waals surface area contributed by atoms with E-state index in [1.54, 1.807) is 12.3 Å². The standard InChI is InChI=1S/C17H17F3N2O3S/c1-26(23,24)25-11-12-9-15-16(3-2-8-21-15)22(10-12)14-6-4-13(5-7-14)17(18,19)20/h2-8,12H,9-11H2,1H3. The van der Waals surface area contributed by atoms with E-state index in [2.05, 4.69) is 4.98 Å². The van der Waals surface area contributed by atoms with Gasteiger partial charge in [0.15, 0.2) is 0 Å². The zero-order chi connectivity index (χ0) is 18.9. The molecule has 1 aliphatic heterocycles. The van der Waals surface area contributed by atoms with E-state index < -0.39 is 21.9 Å². The summed E-state index contributed by atoms with van der Waals surface area (Å²) in [5, 5.41) is 0. The number of halogens is 3. The van der Waals surface area contributed by atoms with Crippen LogP contribution in [0.3, 0.4) is 0 Å².